The lowest BCUT2D eigenvalue weighted by atomic mass is 10.00. The van der Waals surface area contributed by atoms with Crippen molar-refractivity contribution in [1.29, 1.82) is 0 Å². The summed E-state index contributed by atoms with van der Waals surface area (Å²) in [4.78, 5) is 72.6. The fraction of sp³-hybridized carbons (Fsp3) is 0.944. The van der Waals surface area contributed by atoms with Gasteiger partial charge in [0.2, 0.25) is 0 Å². The monoisotopic (exact) mass is 1340 g/mol. The van der Waals surface area contributed by atoms with Crippen LogP contribution in [0.4, 0.5) is 0 Å². The highest BCUT2D eigenvalue weighted by molar-refractivity contribution is 7.47. The van der Waals surface area contributed by atoms with Crippen LogP contribution in [0.3, 0.4) is 0 Å². The number of phosphoric acid groups is 2. The van der Waals surface area contributed by atoms with Crippen molar-refractivity contribution < 1.29 is 80.2 Å². The van der Waals surface area contributed by atoms with Gasteiger partial charge in [-0.25, -0.2) is 9.13 Å². The highest BCUT2D eigenvalue weighted by Gasteiger charge is 2.30. The van der Waals surface area contributed by atoms with E-state index in [2.05, 4.69) is 48.5 Å². The van der Waals surface area contributed by atoms with Crippen molar-refractivity contribution in [3.63, 3.8) is 0 Å². The molecule has 0 aliphatic heterocycles. The standard InChI is InChI=1S/C72H140O17P2/c1-8-10-11-12-13-14-15-16-17-18-21-27-32-41-48-55-71(76)88-67(59-82-69(74)53-46-39-31-26-22-19-20-24-29-36-43-50-63(3)4)61-86-90(78,79)84-57-66(73)58-85-91(80,81)87-62-68(60-83-70(75)54-47-40-35-34-38-45-52-65(7)9-2)89-72(77)56-49-42-33-28-23-25-30-37-44-51-64(5)6/h63-68,73H,8-62H2,1-7H3,(H,78,79)(H,80,81)/t65?,66-,67-,68-/m1/s1. The van der Waals surface area contributed by atoms with Gasteiger partial charge in [0.25, 0.3) is 0 Å². The van der Waals surface area contributed by atoms with Crippen LogP contribution in [0, 0.1) is 17.8 Å². The lowest BCUT2D eigenvalue weighted by Crippen LogP contribution is -2.30. The molecule has 3 N–H and O–H groups in total. The first-order valence-electron chi connectivity index (χ1n) is 37.4. The van der Waals surface area contributed by atoms with Crippen molar-refractivity contribution in [3.8, 4) is 0 Å². The first-order chi connectivity index (χ1) is 43.8. The van der Waals surface area contributed by atoms with Crippen LogP contribution in [0.2, 0.25) is 0 Å². The molecule has 0 amide bonds. The number of hydrogen-bond donors (Lipinski definition) is 3. The van der Waals surface area contributed by atoms with Crippen LogP contribution in [0.15, 0.2) is 0 Å². The van der Waals surface area contributed by atoms with Gasteiger partial charge in [-0.3, -0.25) is 37.3 Å². The predicted molar refractivity (Wildman–Crippen MR) is 368 cm³/mol. The van der Waals surface area contributed by atoms with E-state index in [1.807, 2.05) is 0 Å². The molecule has 0 fully saturated rings. The first-order valence-corrected chi connectivity index (χ1v) is 40.4. The number of ether oxygens (including phenoxy) is 4. The number of carbonyl (C=O) groups is 4. The van der Waals surface area contributed by atoms with Crippen molar-refractivity contribution >= 4 is 39.5 Å². The highest BCUT2D eigenvalue weighted by Crippen LogP contribution is 2.45. The quantitative estimate of drug-likeness (QED) is 0.0222. The molecule has 0 aliphatic rings. The number of phosphoric ester groups is 2. The molecule has 0 bridgehead atoms. The maximum Gasteiger partial charge on any atom is 0.472 e. The number of aliphatic hydroxyl groups excluding tert-OH is 1. The Morgan fingerprint density at radius 2 is 0.560 bits per heavy atom. The summed E-state index contributed by atoms with van der Waals surface area (Å²) in [6.07, 6.45) is 47.2. The second-order valence-corrected chi connectivity index (χ2v) is 30.1. The van der Waals surface area contributed by atoms with Gasteiger partial charge in [-0.2, -0.15) is 0 Å². The molecule has 0 radical (unpaired) electrons. The van der Waals surface area contributed by atoms with Crippen LogP contribution in [0.1, 0.15) is 363 Å². The van der Waals surface area contributed by atoms with E-state index in [9.17, 15) is 43.2 Å². The zero-order valence-corrected chi connectivity index (χ0v) is 61.1. The van der Waals surface area contributed by atoms with Crippen molar-refractivity contribution in [3.05, 3.63) is 0 Å². The molecule has 540 valence electrons. The Hall–Kier alpha value is -1.94. The predicted octanol–water partition coefficient (Wildman–Crippen LogP) is 20.6. The summed E-state index contributed by atoms with van der Waals surface area (Å²) >= 11 is 0. The largest absolute Gasteiger partial charge is 0.472 e. The Balaban J connectivity index is 5.26. The summed E-state index contributed by atoms with van der Waals surface area (Å²) < 4.78 is 68.4. The Kier molecular flexibility index (Phi) is 61.5. The van der Waals surface area contributed by atoms with Crippen LogP contribution in [0.25, 0.3) is 0 Å². The van der Waals surface area contributed by atoms with Crippen LogP contribution >= 0.6 is 15.6 Å². The van der Waals surface area contributed by atoms with Gasteiger partial charge in [-0.1, -0.05) is 312 Å². The highest BCUT2D eigenvalue weighted by atomic mass is 31.2. The topological polar surface area (TPSA) is 237 Å². The molecular weight excluding hydrogens is 1200 g/mol. The minimum Gasteiger partial charge on any atom is -0.462 e. The second-order valence-electron chi connectivity index (χ2n) is 27.2. The van der Waals surface area contributed by atoms with Gasteiger partial charge in [-0.05, 0) is 43.4 Å². The Labute approximate surface area is 556 Å². The molecular formula is C72H140O17P2. The van der Waals surface area contributed by atoms with Crippen molar-refractivity contribution in [1.82, 2.24) is 0 Å². The minimum absolute atomic E-state index is 0.104. The first kappa shape index (κ1) is 89.1. The summed E-state index contributed by atoms with van der Waals surface area (Å²) in [7, 11) is -9.91. The van der Waals surface area contributed by atoms with E-state index in [0.717, 1.165) is 114 Å². The van der Waals surface area contributed by atoms with Crippen molar-refractivity contribution in [2.75, 3.05) is 39.6 Å². The Bertz CT molecular complexity index is 1790. The smallest absolute Gasteiger partial charge is 0.462 e. The molecule has 17 nitrogen and oxygen atoms in total. The maximum atomic E-state index is 13.0. The molecule has 0 rings (SSSR count). The Morgan fingerprint density at radius 3 is 0.835 bits per heavy atom. The van der Waals surface area contributed by atoms with Crippen molar-refractivity contribution in [2.45, 2.75) is 381 Å². The molecule has 0 aromatic carbocycles. The second kappa shape index (κ2) is 62.8. The number of rotatable bonds is 70. The third-order valence-electron chi connectivity index (χ3n) is 17.0. The number of hydrogen-bond acceptors (Lipinski definition) is 15. The molecule has 0 spiro atoms. The fourth-order valence-electron chi connectivity index (χ4n) is 10.9. The maximum absolute atomic E-state index is 13.0. The third-order valence-corrected chi connectivity index (χ3v) is 18.9. The van der Waals surface area contributed by atoms with Crippen LogP contribution < -0.4 is 0 Å². The van der Waals surface area contributed by atoms with Gasteiger partial charge in [0.05, 0.1) is 26.4 Å². The summed E-state index contributed by atoms with van der Waals surface area (Å²) in [6, 6.07) is 0. The van der Waals surface area contributed by atoms with E-state index < -0.39 is 97.5 Å². The lowest BCUT2D eigenvalue weighted by molar-refractivity contribution is -0.161. The number of carbonyl (C=O) groups excluding carboxylic acids is 4. The zero-order chi connectivity index (χ0) is 67.3. The normalized spacial score (nSPS) is 14.5. The minimum atomic E-state index is -4.95. The molecule has 0 saturated carbocycles. The molecule has 0 aromatic heterocycles. The number of unbranched alkanes of at least 4 members (excludes halogenated alkanes) is 37. The molecule has 0 aliphatic carbocycles. The molecule has 0 saturated heterocycles. The number of esters is 4. The molecule has 3 unspecified atom stereocenters. The van der Waals surface area contributed by atoms with E-state index in [-0.39, 0.29) is 25.7 Å². The van der Waals surface area contributed by atoms with E-state index >= 15 is 0 Å². The average molecular weight is 1340 g/mol. The summed E-state index contributed by atoms with van der Waals surface area (Å²) in [5.41, 5.74) is 0. The van der Waals surface area contributed by atoms with Gasteiger partial charge in [-0.15, -0.1) is 0 Å². The summed E-state index contributed by atoms with van der Waals surface area (Å²) in [6.45, 7) is 11.8. The average Bonchev–Trinajstić information content (AvgIpc) is 3.42. The van der Waals surface area contributed by atoms with Crippen LogP contribution in [-0.2, 0) is 65.4 Å². The van der Waals surface area contributed by atoms with Crippen LogP contribution in [-0.4, -0.2) is 96.7 Å². The van der Waals surface area contributed by atoms with E-state index in [1.165, 1.54) is 167 Å². The lowest BCUT2D eigenvalue weighted by Gasteiger charge is -2.21. The van der Waals surface area contributed by atoms with E-state index in [0.29, 0.717) is 25.7 Å². The van der Waals surface area contributed by atoms with Gasteiger partial charge in [0, 0.05) is 25.7 Å². The molecule has 0 heterocycles. The molecule has 0 aromatic rings. The van der Waals surface area contributed by atoms with Gasteiger partial charge in [0.1, 0.15) is 19.3 Å². The third kappa shape index (κ3) is 65.1. The van der Waals surface area contributed by atoms with E-state index in [1.54, 1.807) is 0 Å². The van der Waals surface area contributed by atoms with E-state index in [4.69, 9.17) is 37.0 Å². The fourth-order valence-corrected chi connectivity index (χ4v) is 12.4. The number of aliphatic hydroxyl groups is 1. The molecule has 6 atom stereocenters. The Morgan fingerprint density at radius 1 is 0.319 bits per heavy atom. The van der Waals surface area contributed by atoms with Gasteiger partial charge >= 0.3 is 39.5 Å². The zero-order valence-electron chi connectivity index (χ0n) is 59.3. The molecule has 19 heteroatoms. The van der Waals surface area contributed by atoms with Gasteiger partial charge in [0.15, 0.2) is 12.2 Å². The molecule has 91 heavy (non-hydrogen) atoms. The van der Waals surface area contributed by atoms with Crippen LogP contribution in [0.5, 0.6) is 0 Å². The summed E-state index contributed by atoms with van der Waals surface area (Å²) in [5, 5.41) is 10.6. The van der Waals surface area contributed by atoms with Gasteiger partial charge < -0.3 is 33.8 Å². The van der Waals surface area contributed by atoms with Crippen molar-refractivity contribution in [2.24, 2.45) is 17.8 Å². The SMILES string of the molecule is CCCCCCCCCCCCCCCCCC(=O)O[C@H](COC(=O)CCCCCCCCCCCCCC(C)C)COP(=O)(O)OC[C@@H](O)COP(=O)(O)OC[C@@H](COC(=O)CCCCCCCCC(C)CC)OC(=O)CCCCCCCCCCCC(C)C. The summed E-state index contributed by atoms with van der Waals surface area (Å²) in [5.74, 6) is 0.115.